The second-order valence-electron chi connectivity index (χ2n) is 3.20. The summed E-state index contributed by atoms with van der Waals surface area (Å²) >= 11 is 0. The minimum atomic E-state index is 1.14. The number of rotatable bonds is 0. The lowest BCUT2D eigenvalue weighted by Crippen LogP contribution is -1.95. The summed E-state index contributed by atoms with van der Waals surface area (Å²) in [7, 11) is 0. The Morgan fingerprint density at radius 3 is 2.62 bits per heavy atom. The van der Waals surface area contributed by atoms with E-state index in [9.17, 15) is 0 Å². The molecular weight excluding hydrogens is 160 g/mol. The van der Waals surface area contributed by atoms with Gasteiger partial charge in [0.05, 0.1) is 5.69 Å². The third-order valence-corrected chi connectivity index (χ3v) is 2.26. The van der Waals surface area contributed by atoms with E-state index >= 15 is 0 Å². The molecule has 1 aromatic heterocycles. The Balaban J connectivity index is 0.000000396. The molecule has 2 nitrogen and oxygen atoms in total. The predicted octanol–water partition coefficient (Wildman–Crippen LogP) is 3.09. The van der Waals surface area contributed by atoms with Crippen molar-refractivity contribution >= 4 is 6.08 Å². The first kappa shape index (κ1) is 10.0. The van der Waals surface area contributed by atoms with Crippen molar-refractivity contribution in [2.45, 2.75) is 40.5 Å². The molecule has 0 unspecified atom stereocenters. The first-order valence-corrected chi connectivity index (χ1v) is 4.98. The van der Waals surface area contributed by atoms with Gasteiger partial charge in [-0.1, -0.05) is 19.4 Å². The summed E-state index contributed by atoms with van der Waals surface area (Å²) in [5, 5.41) is 7.21. The largest absolute Gasteiger partial charge is 0.282 e. The van der Waals surface area contributed by atoms with Crippen LogP contribution in [0.5, 0.6) is 0 Å². The highest BCUT2D eigenvalue weighted by Crippen LogP contribution is 2.23. The molecule has 0 aromatic carbocycles. The number of aryl methyl sites for hydroxylation is 1. The molecule has 0 aliphatic heterocycles. The summed E-state index contributed by atoms with van der Waals surface area (Å²) in [6.07, 6.45) is 4.51. The average molecular weight is 178 g/mol. The number of H-pyrrole nitrogens is 1. The van der Waals surface area contributed by atoms with Crippen molar-refractivity contribution in [1.82, 2.24) is 10.2 Å². The van der Waals surface area contributed by atoms with Crippen molar-refractivity contribution in [2.75, 3.05) is 0 Å². The van der Waals surface area contributed by atoms with E-state index in [1.807, 2.05) is 13.8 Å². The lowest BCUT2D eigenvalue weighted by atomic mass is 9.97. The van der Waals surface area contributed by atoms with Crippen LogP contribution in [-0.2, 0) is 6.42 Å². The molecule has 0 spiro atoms. The Labute approximate surface area is 80.1 Å². The van der Waals surface area contributed by atoms with Gasteiger partial charge in [0, 0.05) is 11.3 Å². The summed E-state index contributed by atoms with van der Waals surface area (Å²) < 4.78 is 0. The fourth-order valence-electron chi connectivity index (χ4n) is 1.53. The number of aromatic amines is 1. The van der Waals surface area contributed by atoms with Gasteiger partial charge in [-0.2, -0.15) is 5.10 Å². The molecule has 0 fully saturated rings. The Morgan fingerprint density at radius 1 is 1.23 bits per heavy atom. The summed E-state index contributed by atoms with van der Waals surface area (Å²) in [6.45, 7) is 8.24. The number of hydrogen-bond donors (Lipinski definition) is 1. The van der Waals surface area contributed by atoms with Gasteiger partial charge in [0.25, 0.3) is 0 Å². The average Bonchev–Trinajstić information content (AvgIpc) is 2.51. The van der Waals surface area contributed by atoms with Crippen molar-refractivity contribution < 1.29 is 0 Å². The number of aromatic nitrogens is 2. The van der Waals surface area contributed by atoms with E-state index in [1.54, 1.807) is 0 Å². The zero-order chi connectivity index (χ0) is 9.84. The van der Waals surface area contributed by atoms with Crippen LogP contribution in [0.15, 0.2) is 5.57 Å². The zero-order valence-corrected chi connectivity index (χ0v) is 8.94. The summed E-state index contributed by atoms with van der Waals surface area (Å²) in [5.41, 5.74) is 5.20. The molecular formula is C11H18N2. The van der Waals surface area contributed by atoms with E-state index in [0.717, 1.165) is 12.1 Å². The molecule has 1 heterocycles. The number of nitrogens with zero attached hydrogens (tertiary/aromatic N) is 1. The van der Waals surface area contributed by atoms with Crippen LogP contribution in [0, 0.1) is 6.92 Å². The number of hydrogen-bond acceptors (Lipinski definition) is 1. The molecule has 0 saturated heterocycles. The molecule has 13 heavy (non-hydrogen) atoms. The normalized spacial score (nSPS) is 14.0. The van der Waals surface area contributed by atoms with E-state index in [0.29, 0.717) is 0 Å². The maximum absolute atomic E-state index is 4.21. The minimum absolute atomic E-state index is 1.14. The van der Waals surface area contributed by atoms with E-state index < -0.39 is 0 Å². The SMILES string of the molecule is CC.CC1=Cc2n[nH]c(C)c2CC1. The van der Waals surface area contributed by atoms with E-state index in [1.165, 1.54) is 23.3 Å². The van der Waals surface area contributed by atoms with Crippen LogP contribution in [0.1, 0.15) is 44.1 Å². The zero-order valence-electron chi connectivity index (χ0n) is 8.94. The first-order valence-electron chi connectivity index (χ1n) is 4.98. The number of fused-ring (bicyclic) bond motifs is 1. The molecule has 1 aliphatic rings. The summed E-state index contributed by atoms with van der Waals surface area (Å²) in [6, 6.07) is 0. The van der Waals surface area contributed by atoms with Gasteiger partial charge in [-0.25, -0.2) is 0 Å². The third-order valence-electron chi connectivity index (χ3n) is 2.26. The highest BCUT2D eigenvalue weighted by Gasteiger charge is 2.12. The van der Waals surface area contributed by atoms with Crippen molar-refractivity contribution in [1.29, 1.82) is 0 Å². The molecule has 1 aromatic rings. The third kappa shape index (κ3) is 2.00. The van der Waals surface area contributed by atoms with Crippen molar-refractivity contribution in [3.63, 3.8) is 0 Å². The molecule has 2 rings (SSSR count). The molecule has 2 heteroatoms. The van der Waals surface area contributed by atoms with Gasteiger partial charge >= 0.3 is 0 Å². The van der Waals surface area contributed by atoms with Gasteiger partial charge in [0.1, 0.15) is 0 Å². The molecule has 0 radical (unpaired) electrons. The fraction of sp³-hybridized carbons (Fsp3) is 0.545. The molecule has 0 atom stereocenters. The Morgan fingerprint density at radius 2 is 1.92 bits per heavy atom. The molecule has 0 saturated carbocycles. The van der Waals surface area contributed by atoms with Crippen LogP contribution in [0.4, 0.5) is 0 Å². The van der Waals surface area contributed by atoms with E-state index in [2.05, 4.69) is 30.1 Å². The molecule has 0 amide bonds. The Hall–Kier alpha value is -1.05. The minimum Gasteiger partial charge on any atom is -0.282 e. The van der Waals surface area contributed by atoms with Crippen molar-refractivity contribution in [2.24, 2.45) is 0 Å². The van der Waals surface area contributed by atoms with Crippen molar-refractivity contribution in [3.05, 3.63) is 22.5 Å². The van der Waals surface area contributed by atoms with Gasteiger partial charge in [-0.3, -0.25) is 5.10 Å². The van der Waals surface area contributed by atoms with Gasteiger partial charge in [0.15, 0.2) is 0 Å². The van der Waals surface area contributed by atoms with Gasteiger partial charge < -0.3 is 0 Å². The highest BCUT2D eigenvalue weighted by molar-refractivity contribution is 5.56. The van der Waals surface area contributed by atoms with Crippen LogP contribution in [-0.4, -0.2) is 10.2 Å². The van der Waals surface area contributed by atoms with E-state index in [4.69, 9.17) is 0 Å². The highest BCUT2D eigenvalue weighted by atomic mass is 15.1. The van der Waals surface area contributed by atoms with E-state index in [-0.39, 0.29) is 0 Å². The van der Waals surface area contributed by atoms with Gasteiger partial charge in [0.2, 0.25) is 0 Å². The lowest BCUT2D eigenvalue weighted by molar-refractivity contribution is 0.919. The van der Waals surface area contributed by atoms with Crippen LogP contribution in [0.2, 0.25) is 0 Å². The Bertz CT molecular complexity index is 308. The second kappa shape index (κ2) is 4.26. The van der Waals surface area contributed by atoms with Crippen molar-refractivity contribution in [3.8, 4) is 0 Å². The molecule has 1 aliphatic carbocycles. The predicted molar refractivity (Wildman–Crippen MR) is 56.6 cm³/mol. The van der Waals surface area contributed by atoms with Gasteiger partial charge in [-0.05, 0) is 32.8 Å². The number of allylic oxidation sites excluding steroid dienone is 1. The lowest BCUT2D eigenvalue weighted by Gasteiger charge is -2.07. The first-order chi connectivity index (χ1) is 6.27. The van der Waals surface area contributed by atoms with Crippen LogP contribution < -0.4 is 0 Å². The monoisotopic (exact) mass is 178 g/mol. The summed E-state index contributed by atoms with van der Waals surface area (Å²) in [4.78, 5) is 0. The number of nitrogens with one attached hydrogen (secondary N) is 1. The van der Waals surface area contributed by atoms with Crippen LogP contribution >= 0.6 is 0 Å². The van der Waals surface area contributed by atoms with Crippen LogP contribution in [0.3, 0.4) is 0 Å². The Kier molecular flexibility index (Phi) is 3.29. The second-order valence-corrected chi connectivity index (χ2v) is 3.20. The molecule has 0 bridgehead atoms. The summed E-state index contributed by atoms with van der Waals surface area (Å²) in [5.74, 6) is 0. The van der Waals surface area contributed by atoms with Crippen LogP contribution in [0.25, 0.3) is 6.08 Å². The topological polar surface area (TPSA) is 28.7 Å². The molecule has 72 valence electrons. The standard InChI is InChI=1S/C9H12N2.C2H6/c1-6-3-4-8-7(2)10-11-9(8)5-6;1-2/h5H,3-4H2,1-2H3,(H,10,11);1-2H3. The fourth-order valence-corrected chi connectivity index (χ4v) is 1.53. The quantitative estimate of drug-likeness (QED) is 0.649. The van der Waals surface area contributed by atoms with Gasteiger partial charge in [-0.15, -0.1) is 0 Å². The maximum atomic E-state index is 4.21. The maximum Gasteiger partial charge on any atom is 0.0882 e. The smallest absolute Gasteiger partial charge is 0.0882 e. The molecule has 1 N–H and O–H groups in total.